The van der Waals surface area contributed by atoms with Crippen LogP contribution in [0.4, 0.5) is 0 Å². The summed E-state index contributed by atoms with van der Waals surface area (Å²) in [7, 11) is 0. The van der Waals surface area contributed by atoms with Crippen molar-refractivity contribution < 1.29 is 14.8 Å². The largest absolute Gasteiger partial charge is 0.480 e. The number of hydrogen-bond acceptors (Lipinski definition) is 3. The second kappa shape index (κ2) is 4.12. The number of alkyl halides is 1. The van der Waals surface area contributed by atoms with Crippen molar-refractivity contribution in [1.82, 2.24) is 0 Å². The quantitative estimate of drug-likeness (QED) is 0.394. The molecule has 0 aromatic carbocycles. The summed E-state index contributed by atoms with van der Waals surface area (Å²) in [6.07, 6.45) is -0.149. The molecule has 6 heteroatoms. The third kappa shape index (κ3) is 3.77. The van der Waals surface area contributed by atoms with Crippen LogP contribution in [-0.2, 0) is 4.79 Å². The third-order valence-corrected chi connectivity index (χ3v) is 1.54. The molecule has 5 nitrogen and oxygen atoms in total. The van der Waals surface area contributed by atoms with E-state index in [9.17, 15) is 14.9 Å². The zero-order valence-electron chi connectivity index (χ0n) is 5.86. The number of rotatable bonds is 4. The van der Waals surface area contributed by atoms with E-state index in [4.69, 9.17) is 16.7 Å². The van der Waals surface area contributed by atoms with Gasteiger partial charge in [0.2, 0.25) is 6.04 Å². The fourth-order valence-corrected chi connectivity index (χ4v) is 0.744. The molecule has 0 aliphatic rings. The molecule has 0 radical (unpaired) electrons. The average molecular weight is 182 g/mol. The van der Waals surface area contributed by atoms with Gasteiger partial charge in [-0.05, 0) is 0 Å². The number of nitrogens with zero attached hydrogens (tertiary/aromatic N) is 1. The Bertz CT molecular complexity index is 154. The molecule has 0 amide bonds. The van der Waals surface area contributed by atoms with Gasteiger partial charge in [0.05, 0.1) is 0 Å². The lowest BCUT2D eigenvalue weighted by molar-refractivity contribution is -0.518. The highest BCUT2D eigenvalue weighted by molar-refractivity contribution is 6.29. The fourth-order valence-electron chi connectivity index (χ4n) is 0.486. The SMILES string of the molecule is CC(CC(Cl)C(=O)O)[N+](=O)[O-]. The summed E-state index contributed by atoms with van der Waals surface area (Å²) in [6, 6.07) is -0.909. The van der Waals surface area contributed by atoms with E-state index in [1.165, 1.54) is 6.92 Å². The second-order valence-electron chi connectivity index (χ2n) is 2.18. The molecule has 0 saturated carbocycles. The predicted octanol–water partition coefficient (Wildman–Crippen LogP) is 0.734. The molecule has 2 atom stereocenters. The topological polar surface area (TPSA) is 80.4 Å². The summed E-state index contributed by atoms with van der Waals surface area (Å²) in [4.78, 5) is 19.6. The monoisotopic (exact) mass is 181 g/mol. The molecule has 0 bridgehead atoms. The van der Waals surface area contributed by atoms with E-state index in [0.717, 1.165) is 0 Å². The second-order valence-corrected chi connectivity index (χ2v) is 2.70. The van der Waals surface area contributed by atoms with Crippen LogP contribution in [0.1, 0.15) is 13.3 Å². The maximum Gasteiger partial charge on any atom is 0.321 e. The van der Waals surface area contributed by atoms with E-state index in [-0.39, 0.29) is 6.42 Å². The number of nitro groups is 1. The highest BCUT2D eigenvalue weighted by Gasteiger charge is 2.23. The average Bonchev–Trinajstić information content (AvgIpc) is 1.87. The Hall–Kier alpha value is -0.840. The van der Waals surface area contributed by atoms with E-state index in [2.05, 4.69) is 0 Å². The van der Waals surface area contributed by atoms with Gasteiger partial charge in [0.25, 0.3) is 0 Å². The van der Waals surface area contributed by atoms with Crippen molar-refractivity contribution in [1.29, 1.82) is 0 Å². The summed E-state index contributed by atoms with van der Waals surface area (Å²) in [6.45, 7) is 1.32. The molecule has 0 saturated heterocycles. The molecule has 1 N–H and O–H groups in total. The normalized spacial score (nSPS) is 15.5. The Kier molecular flexibility index (Phi) is 3.81. The van der Waals surface area contributed by atoms with E-state index in [1.54, 1.807) is 0 Å². The maximum atomic E-state index is 10.1. The van der Waals surface area contributed by atoms with Gasteiger partial charge in [-0.1, -0.05) is 0 Å². The highest BCUT2D eigenvalue weighted by Crippen LogP contribution is 2.07. The highest BCUT2D eigenvalue weighted by atomic mass is 35.5. The predicted molar refractivity (Wildman–Crippen MR) is 38.4 cm³/mol. The minimum atomic E-state index is -1.22. The van der Waals surface area contributed by atoms with Crippen molar-refractivity contribution in [3.63, 3.8) is 0 Å². The number of aliphatic carboxylic acids is 1. The zero-order chi connectivity index (χ0) is 9.02. The third-order valence-electron chi connectivity index (χ3n) is 1.18. The van der Waals surface area contributed by atoms with Gasteiger partial charge in [0.15, 0.2) is 0 Å². The van der Waals surface area contributed by atoms with Crippen molar-refractivity contribution in [3.05, 3.63) is 10.1 Å². The van der Waals surface area contributed by atoms with Crippen LogP contribution in [0.5, 0.6) is 0 Å². The van der Waals surface area contributed by atoms with Gasteiger partial charge >= 0.3 is 5.97 Å². The molecule has 0 aliphatic carbocycles. The first-order valence-corrected chi connectivity index (χ1v) is 3.39. The van der Waals surface area contributed by atoms with Crippen molar-refractivity contribution in [2.75, 3.05) is 0 Å². The summed E-state index contributed by atoms with van der Waals surface area (Å²) < 4.78 is 0. The van der Waals surface area contributed by atoms with Crippen LogP contribution in [0.25, 0.3) is 0 Å². The lowest BCUT2D eigenvalue weighted by atomic mass is 10.2. The fraction of sp³-hybridized carbons (Fsp3) is 0.800. The Balaban J connectivity index is 3.84. The van der Waals surface area contributed by atoms with E-state index in [0.29, 0.717) is 0 Å². The van der Waals surface area contributed by atoms with Gasteiger partial charge in [-0.15, -0.1) is 11.6 Å². The summed E-state index contributed by atoms with van der Waals surface area (Å²) in [5, 5.41) is 17.1. The molecule has 0 aromatic rings. The van der Waals surface area contributed by atoms with Gasteiger partial charge in [0, 0.05) is 18.3 Å². The lowest BCUT2D eigenvalue weighted by Crippen LogP contribution is -2.24. The Morgan fingerprint density at radius 2 is 2.27 bits per heavy atom. The van der Waals surface area contributed by atoms with Crippen LogP contribution >= 0.6 is 11.6 Å². The molecule has 0 aliphatic heterocycles. The van der Waals surface area contributed by atoms with Crippen LogP contribution in [-0.4, -0.2) is 27.4 Å². The van der Waals surface area contributed by atoms with Crippen molar-refractivity contribution in [2.24, 2.45) is 0 Å². The van der Waals surface area contributed by atoms with Gasteiger partial charge in [-0.3, -0.25) is 14.9 Å². The molecule has 0 rings (SSSR count). The summed E-state index contributed by atoms with van der Waals surface area (Å²) >= 11 is 5.25. The lowest BCUT2D eigenvalue weighted by Gasteiger charge is -2.04. The van der Waals surface area contributed by atoms with Crippen LogP contribution in [0, 0.1) is 10.1 Å². The standard InChI is InChI=1S/C5H8ClNO4/c1-3(7(10)11)2-4(6)5(8)9/h3-4H,2H2,1H3,(H,8,9). The Morgan fingerprint density at radius 1 is 1.82 bits per heavy atom. The molecule has 11 heavy (non-hydrogen) atoms. The first kappa shape index (κ1) is 10.2. The molecular weight excluding hydrogens is 174 g/mol. The maximum absolute atomic E-state index is 10.1. The molecule has 2 unspecified atom stereocenters. The number of carboxylic acid groups (broad SMARTS) is 1. The van der Waals surface area contributed by atoms with Crippen LogP contribution in [0.15, 0.2) is 0 Å². The van der Waals surface area contributed by atoms with Gasteiger partial charge in [0.1, 0.15) is 5.38 Å². The number of halogens is 1. The van der Waals surface area contributed by atoms with Crippen molar-refractivity contribution in [3.8, 4) is 0 Å². The Labute approximate surface area is 68.1 Å². The van der Waals surface area contributed by atoms with Gasteiger partial charge in [-0.25, -0.2) is 0 Å². The molecule has 0 spiro atoms. The van der Waals surface area contributed by atoms with Gasteiger partial charge in [-0.2, -0.15) is 0 Å². The van der Waals surface area contributed by atoms with Crippen molar-refractivity contribution >= 4 is 17.6 Å². The number of carbonyl (C=O) groups is 1. The van der Waals surface area contributed by atoms with Gasteiger partial charge < -0.3 is 5.11 Å². The first-order valence-electron chi connectivity index (χ1n) is 2.95. The van der Waals surface area contributed by atoms with E-state index in [1.807, 2.05) is 0 Å². The van der Waals surface area contributed by atoms with Crippen LogP contribution in [0.3, 0.4) is 0 Å². The number of hydrogen-bond donors (Lipinski definition) is 1. The molecule has 0 heterocycles. The minimum absolute atomic E-state index is 0.149. The molecule has 0 fully saturated rings. The summed E-state index contributed by atoms with van der Waals surface area (Å²) in [5.74, 6) is -1.22. The van der Waals surface area contributed by atoms with Crippen LogP contribution in [0.2, 0.25) is 0 Å². The Morgan fingerprint density at radius 3 is 2.55 bits per heavy atom. The number of carboxylic acids is 1. The van der Waals surface area contributed by atoms with E-state index >= 15 is 0 Å². The molecular formula is C5H8ClNO4. The summed E-state index contributed by atoms with van der Waals surface area (Å²) in [5.41, 5.74) is 0. The van der Waals surface area contributed by atoms with Crippen molar-refractivity contribution in [2.45, 2.75) is 24.8 Å². The van der Waals surface area contributed by atoms with E-state index < -0.39 is 22.3 Å². The first-order chi connectivity index (χ1) is 4.95. The minimum Gasteiger partial charge on any atom is -0.480 e. The van der Waals surface area contributed by atoms with Crippen LogP contribution < -0.4 is 0 Å². The molecule has 64 valence electrons. The zero-order valence-corrected chi connectivity index (χ0v) is 6.61. The smallest absolute Gasteiger partial charge is 0.321 e. The molecule has 0 aromatic heterocycles.